The zero-order valence-corrected chi connectivity index (χ0v) is 17.9. The lowest BCUT2D eigenvalue weighted by molar-refractivity contribution is -0.0604. The number of aromatic amines is 1. The molecule has 1 saturated heterocycles. The number of phosphoric ester groups is 1. The number of nitrogens with one attached hydrogen (secondary N) is 1. The Kier molecular flexibility index (Phi) is 7.23. The van der Waals surface area contributed by atoms with Gasteiger partial charge in [0.15, 0.2) is 11.9 Å². The summed E-state index contributed by atoms with van der Waals surface area (Å²) in [6, 6.07) is 1.32. The van der Waals surface area contributed by atoms with E-state index in [1.807, 2.05) is 0 Å². The van der Waals surface area contributed by atoms with E-state index in [4.69, 9.17) is 31.6 Å². The van der Waals surface area contributed by atoms with Gasteiger partial charge in [-0.3, -0.25) is 14.1 Å². The Morgan fingerprint density at radius 3 is 2.48 bits per heavy atom. The number of nitrogens with zero attached hydrogens (tertiary/aromatic N) is 1. The lowest BCUT2D eigenvalue weighted by atomic mass is 10.0. The smallest absolute Gasteiger partial charge is 0.349 e. The molecule has 5 atom stereocenters. The van der Waals surface area contributed by atoms with Crippen LogP contribution < -0.4 is 5.69 Å². The second kappa shape index (κ2) is 8.50. The molecule has 1 fully saturated rings. The molecule has 2 rings (SSSR count). The zero-order chi connectivity index (χ0) is 22.3. The molecule has 0 radical (unpaired) electrons. The largest absolute Gasteiger partial charge is 0.490 e. The number of rotatable bonds is 8. The van der Waals surface area contributed by atoms with Crippen LogP contribution in [0.15, 0.2) is 17.1 Å². The lowest BCUT2D eigenvalue weighted by Gasteiger charge is -2.22. The number of aromatic nitrogens is 2. The Hall–Kier alpha value is -0.600. The van der Waals surface area contributed by atoms with Gasteiger partial charge in [0, 0.05) is 12.6 Å². The lowest BCUT2D eigenvalue weighted by Crippen LogP contribution is -2.35. The van der Waals surface area contributed by atoms with Crippen LogP contribution in [0.3, 0.4) is 0 Å². The molecule has 0 bridgehead atoms. The summed E-state index contributed by atoms with van der Waals surface area (Å²) in [6.07, 6.45) is -1.87. The summed E-state index contributed by atoms with van der Waals surface area (Å²) >= 11 is 4.77. The van der Waals surface area contributed by atoms with Gasteiger partial charge in [-0.05, 0) is 13.0 Å². The topological polar surface area (TPSA) is 207 Å². The monoisotopic (exact) mass is 500 g/mol. The number of phosphoric acid groups is 3. The van der Waals surface area contributed by atoms with E-state index in [1.54, 1.807) is 0 Å². The van der Waals surface area contributed by atoms with Crippen LogP contribution in [0.2, 0.25) is 0 Å². The van der Waals surface area contributed by atoms with E-state index in [1.165, 1.54) is 12.3 Å². The number of alkyl halides is 1. The van der Waals surface area contributed by atoms with E-state index >= 15 is 0 Å². The highest BCUT2D eigenvalue weighted by molar-refractivity contribution is 7.71. The van der Waals surface area contributed by atoms with E-state index in [0.29, 0.717) is 0 Å². The van der Waals surface area contributed by atoms with Crippen LogP contribution in [0.5, 0.6) is 0 Å². The first kappa shape index (κ1) is 24.7. The SMILES string of the molecule is C[C@@]1(F)C[C@@H](COP(=O)(O)OP(=O)(O)OP(=O)(O)O)O[C@H]1n1ccc(=S)[nH]c1=O. The summed E-state index contributed by atoms with van der Waals surface area (Å²) in [7, 11) is -16.6. The van der Waals surface area contributed by atoms with Gasteiger partial charge in [-0.2, -0.15) is 8.62 Å². The first-order valence-electron chi connectivity index (χ1n) is 7.44. The van der Waals surface area contributed by atoms with Crippen LogP contribution in [0.1, 0.15) is 19.6 Å². The number of hydrogen-bond acceptors (Lipinski definition) is 9. The van der Waals surface area contributed by atoms with Crippen molar-refractivity contribution in [3.05, 3.63) is 27.4 Å². The molecule has 19 heteroatoms. The Balaban J connectivity index is 2.05. The van der Waals surface area contributed by atoms with E-state index in [-0.39, 0.29) is 4.64 Å². The van der Waals surface area contributed by atoms with Crippen molar-refractivity contribution in [1.29, 1.82) is 0 Å². The van der Waals surface area contributed by atoms with E-state index < -0.39 is 60.2 Å². The molecule has 0 saturated carbocycles. The summed E-state index contributed by atoms with van der Waals surface area (Å²) in [5, 5.41) is 0. The quantitative estimate of drug-likeness (QED) is 0.252. The van der Waals surface area contributed by atoms with Crippen molar-refractivity contribution in [2.75, 3.05) is 6.61 Å². The molecule has 1 aliphatic heterocycles. The molecule has 0 aliphatic carbocycles. The summed E-state index contributed by atoms with van der Waals surface area (Å²) in [5.41, 5.74) is -2.88. The van der Waals surface area contributed by atoms with E-state index in [2.05, 4.69) is 18.1 Å². The fraction of sp³-hybridized carbons (Fsp3) is 0.600. The van der Waals surface area contributed by atoms with Gasteiger partial charge in [0.2, 0.25) is 0 Å². The number of H-pyrrole nitrogens is 1. The maximum atomic E-state index is 14.8. The summed E-state index contributed by atoms with van der Waals surface area (Å²) in [4.78, 5) is 49.6. The molecule has 29 heavy (non-hydrogen) atoms. The number of halogens is 1. The van der Waals surface area contributed by atoms with Gasteiger partial charge in [0.1, 0.15) is 4.64 Å². The molecule has 2 heterocycles. The summed E-state index contributed by atoms with van der Waals surface area (Å²) < 4.78 is 66.2. The fourth-order valence-electron chi connectivity index (χ4n) is 2.46. The van der Waals surface area contributed by atoms with Gasteiger partial charge in [-0.1, -0.05) is 12.2 Å². The molecule has 166 valence electrons. The fourth-order valence-corrected chi connectivity index (χ4v) is 5.66. The molecule has 0 amide bonds. The standard InChI is InChI=1S/C10H16FN2O12P3S/c1-10(11)4-6(23-8(10)13-3-2-7(29)12-9(13)14)5-22-27(18,19)25-28(20,21)24-26(15,16)17/h2-3,6,8H,4-5H2,1H3,(H,18,19)(H,20,21)(H,12,14,29)(H2,15,16,17)/t6-,8+,10+/m0/s1. The molecule has 1 aromatic rings. The summed E-state index contributed by atoms with van der Waals surface area (Å²) in [5.74, 6) is 0. The van der Waals surface area contributed by atoms with Crippen molar-refractivity contribution < 1.29 is 55.5 Å². The van der Waals surface area contributed by atoms with Crippen LogP contribution in [0, 0.1) is 4.64 Å². The van der Waals surface area contributed by atoms with E-state index in [9.17, 15) is 27.8 Å². The molecule has 14 nitrogen and oxygen atoms in total. The highest BCUT2D eigenvalue weighted by Crippen LogP contribution is 2.66. The minimum absolute atomic E-state index is 0.106. The van der Waals surface area contributed by atoms with Crippen molar-refractivity contribution in [3.8, 4) is 0 Å². The third kappa shape index (κ3) is 7.24. The molecular weight excluding hydrogens is 484 g/mol. The minimum atomic E-state index is -5.67. The zero-order valence-electron chi connectivity index (χ0n) is 14.4. The maximum Gasteiger partial charge on any atom is 0.490 e. The second-order valence-electron chi connectivity index (χ2n) is 6.00. The van der Waals surface area contributed by atoms with Crippen molar-refractivity contribution >= 4 is 35.7 Å². The number of ether oxygens (including phenoxy) is 1. The molecule has 2 unspecified atom stereocenters. The van der Waals surface area contributed by atoms with Crippen LogP contribution >= 0.6 is 35.7 Å². The summed E-state index contributed by atoms with van der Waals surface area (Å²) in [6.45, 7) is 0.272. The van der Waals surface area contributed by atoms with Gasteiger partial charge in [0.25, 0.3) is 0 Å². The third-order valence-electron chi connectivity index (χ3n) is 3.41. The van der Waals surface area contributed by atoms with Crippen LogP contribution in [0.4, 0.5) is 4.39 Å². The first-order chi connectivity index (χ1) is 13.0. The normalized spacial score (nSPS) is 29.3. The predicted octanol–water partition coefficient (Wildman–Crippen LogP) is 1.26. The molecule has 5 N–H and O–H groups in total. The van der Waals surface area contributed by atoms with Gasteiger partial charge >= 0.3 is 29.2 Å². The Bertz CT molecular complexity index is 1020. The first-order valence-corrected chi connectivity index (χ1v) is 12.4. The van der Waals surface area contributed by atoms with Gasteiger partial charge < -0.3 is 24.3 Å². The Morgan fingerprint density at radius 1 is 1.31 bits per heavy atom. The van der Waals surface area contributed by atoms with Crippen molar-refractivity contribution in [2.45, 2.75) is 31.3 Å². The second-order valence-corrected chi connectivity index (χ2v) is 10.9. The average Bonchev–Trinajstić information content (AvgIpc) is 2.76. The Labute approximate surface area is 166 Å². The Morgan fingerprint density at radius 2 is 1.93 bits per heavy atom. The van der Waals surface area contributed by atoms with Crippen LogP contribution in [0.25, 0.3) is 0 Å². The molecule has 0 aromatic carbocycles. The third-order valence-corrected chi connectivity index (χ3v) is 7.45. The van der Waals surface area contributed by atoms with Crippen molar-refractivity contribution in [2.24, 2.45) is 0 Å². The average molecular weight is 500 g/mol. The predicted molar refractivity (Wildman–Crippen MR) is 93.7 cm³/mol. The van der Waals surface area contributed by atoms with Gasteiger partial charge in [-0.25, -0.2) is 22.9 Å². The van der Waals surface area contributed by atoms with Crippen molar-refractivity contribution in [3.63, 3.8) is 0 Å². The maximum absolute atomic E-state index is 14.8. The highest BCUT2D eigenvalue weighted by atomic mass is 32.1. The van der Waals surface area contributed by atoms with Gasteiger partial charge in [-0.15, -0.1) is 0 Å². The van der Waals surface area contributed by atoms with Gasteiger partial charge in [0.05, 0.1) is 12.7 Å². The number of hydrogen-bond donors (Lipinski definition) is 5. The molecular formula is C10H16FN2O12P3S. The van der Waals surface area contributed by atoms with Crippen LogP contribution in [-0.2, 0) is 31.6 Å². The molecule has 0 spiro atoms. The van der Waals surface area contributed by atoms with Crippen LogP contribution in [-0.4, -0.2) is 47.5 Å². The molecule has 1 aromatic heterocycles. The van der Waals surface area contributed by atoms with E-state index in [0.717, 1.165) is 11.5 Å². The molecule has 1 aliphatic rings. The minimum Gasteiger partial charge on any atom is -0.349 e. The van der Waals surface area contributed by atoms with Crippen molar-refractivity contribution in [1.82, 2.24) is 9.55 Å². The highest BCUT2D eigenvalue weighted by Gasteiger charge is 2.48.